The maximum absolute atomic E-state index is 6.55. The van der Waals surface area contributed by atoms with Crippen molar-refractivity contribution in [1.29, 1.82) is 0 Å². The van der Waals surface area contributed by atoms with Gasteiger partial charge in [0.05, 0.1) is 0 Å². The summed E-state index contributed by atoms with van der Waals surface area (Å²) in [5.74, 6) is 2.23. The summed E-state index contributed by atoms with van der Waals surface area (Å²) < 4.78 is 6.55. The van der Waals surface area contributed by atoms with Gasteiger partial charge in [0.15, 0.2) is 11.6 Å². The summed E-state index contributed by atoms with van der Waals surface area (Å²) in [6, 6.07) is 61.8. The van der Waals surface area contributed by atoms with Gasteiger partial charge in [-0.05, 0) is 91.2 Å². The van der Waals surface area contributed by atoms with E-state index >= 15 is 0 Å². The molecule has 2 heterocycles. The van der Waals surface area contributed by atoms with Crippen LogP contribution in [0.3, 0.4) is 0 Å². The standard InChI is InChI=1S/C54H37N3O/c1-34-30-42(46-21-10-17-36-13-7-8-20-45(36)46)27-28-44(34)54-56-52(37-14-3-2-4-15-37)55-53(57-54)43-19-9-18-41(32-43)47-22-11-23-49-51(47)48-29-26-40(33-50(48)58-49)39-25-24-35-12-5-6-16-38(35)31-39/h2-34,44H,1H3. The molecule has 0 saturated carbocycles. The molecule has 4 heteroatoms. The lowest BCUT2D eigenvalue weighted by Gasteiger charge is -2.23. The van der Waals surface area contributed by atoms with E-state index in [9.17, 15) is 0 Å². The van der Waals surface area contributed by atoms with Gasteiger partial charge in [-0.25, -0.2) is 15.0 Å². The van der Waals surface area contributed by atoms with E-state index < -0.39 is 0 Å². The average molecular weight is 744 g/mol. The van der Waals surface area contributed by atoms with Crippen molar-refractivity contribution in [3.8, 4) is 45.0 Å². The van der Waals surface area contributed by atoms with E-state index in [1.807, 2.05) is 18.2 Å². The first-order valence-corrected chi connectivity index (χ1v) is 19.9. The van der Waals surface area contributed by atoms with Crippen LogP contribution in [0.5, 0.6) is 0 Å². The topological polar surface area (TPSA) is 51.8 Å². The zero-order valence-corrected chi connectivity index (χ0v) is 31.9. The van der Waals surface area contributed by atoms with E-state index in [1.54, 1.807) is 0 Å². The van der Waals surface area contributed by atoms with Gasteiger partial charge < -0.3 is 4.42 Å². The highest BCUT2D eigenvalue weighted by Gasteiger charge is 2.25. The molecular formula is C54H37N3O. The van der Waals surface area contributed by atoms with Crippen LogP contribution in [0.4, 0.5) is 0 Å². The van der Waals surface area contributed by atoms with Crippen LogP contribution < -0.4 is 0 Å². The Morgan fingerprint density at radius 2 is 1.12 bits per heavy atom. The molecule has 0 spiro atoms. The molecule has 0 bridgehead atoms. The summed E-state index contributed by atoms with van der Waals surface area (Å²) in [4.78, 5) is 15.5. The van der Waals surface area contributed by atoms with Crippen LogP contribution in [0.15, 0.2) is 199 Å². The fraction of sp³-hybridized carbons (Fsp3) is 0.0556. The monoisotopic (exact) mass is 743 g/mol. The quantitative estimate of drug-likeness (QED) is 0.170. The van der Waals surface area contributed by atoms with Crippen LogP contribution >= 0.6 is 0 Å². The second-order valence-corrected chi connectivity index (χ2v) is 15.2. The number of rotatable bonds is 6. The lowest BCUT2D eigenvalue weighted by molar-refractivity contribution is 0.602. The van der Waals surface area contributed by atoms with Gasteiger partial charge in [-0.15, -0.1) is 0 Å². The SMILES string of the molecule is CC1C=C(c2cccc3ccccc23)C=CC1c1nc(-c2ccccc2)nc(-c2cccc(-c3cccc4oc5cc(-c6ccc7ccccc7c6)ccc5c34)c2)n1. The van der Waals surface area contributed by atoms with E-state index in [0.29, 0.717) is 11.6 Å². The van der Waals surface area contributed by atoms with E-state index in [0.717, 1.165) is 55.6 Å². The largest absolute Gasteiger partial charge is 0.456 e. The molecule has 4 nitrogen and oxygen atoms in total. The van der Waals surface area contributed by atoms with Crippen molar-refractivity contribution >= 4 is 49.1 Å². The van der Waals surface area contributed by atoms with Gasteiger partial charge in [0, 0.05) is 27.8 Å². The molecule has 1 aliphatic rings. The third-order valence-electron chi connectivity index (χ3n) is 11.6. The van der Waals surface area contributed by atoms with Gasteiger partial charge in [-0.1, -0.05) is 171 Å². The molecule has 2 unspecified atom stereocenters. The van der Waals surface area contributed by atoms with Crippen LogP contribution in [0, 0.1) is 5.92 Å². The summed E-state index contributed by atoms with van der Waals surface area (Å²) in [6.45, 7) is 2.26. The first kappa shape index (κ1) is 33.9. The Bertz CT molecular complexity index is 3260. The lowest BCUT2D eigenvalue weighted by atomic mass is 9.83. The van der Waals surface area contributed by atoms with Crippen molar-refractivity contribution in [1.82, 2.24) is 15.0 Å². The first-order valence-electron chi connectivity index (χ1n) is 19.9. The van der Waals surface area contributed by atoms with Crippen molar-refractivity contribution in [3.63, 3.8) is 0 Å². The number of furan rings is 1. The fourth-order valence-corrected chi connectivity index (χ4v) is 8.63. The molecule has 274 valence electrons. The maximum Gasteiger partial charge on any atom is 0.163 e. The Hall–Kier alpha value is -7.43. The van der Waals surface area contributed by atoms with Crippen LogP contribution in [0.2, 0.25) is 0 Å². The molecule has 10 aromatic rings. The second kappa shape index (κ2) is 13.9. The minimum atomic E-state index is -0.0170. The Labute approximate surface area is 336 Å². The third-order valence-corrected chi connectivity index (χ3v) is 11.6. The van der Waals surface area contributed by atoms with Crippen molar-refractivity contribution in [2.75, 3.05) is 0 Å². The Kier molecular flexibility index (Phi) is 8.14. The molecule has 8 aromatic carbocycles. The van der Waals surface area contributed by atoms with E-state index in [2.05, 4.69) is 183 Å². The van der Waals surface area contributed by atoms with E-state index in [-0.39, 0.29) is 11.8 Å². The highest BCUT2D eigenvalue weighted by molar-refractivity contribution is 6.13. The maximum atomic E-state index is 6.55. The van der Waals surface area contributed by atoms with Crippen molar-refractivity contribution in [3.05, 3.63) is 206 Å². The molecule has 58 heavy (non-hydrogen) atoms. The Morgan fingerprint density at radius 3 is 2.00 bits per heavy atom. The number of hydrogen-bond acceptors (Lipinski definition) is 4. The predicted octanol–water partition coefficient (Wildman–Crippen LogP) is 14.1. The Balaban J connectivity index is 0.977. The number of nitrogens with zero attached hydrogens (tertiary/aromatic N) is 3. The molecule has 1 aliphatic carbocycles. The van der Waals surface area contributed by atoms with Gasteiger partial charge >= 0.3 is 0 Å². The molecule has 0 amide bonds. The zero-order chi connectivity index (χ0) is 38.6. The number of fused-ring (bicyclic) bond motifs is 5. The highest BCUT2D eigenvalue weighted by atomic mass is 16.3. The summed E-state index contributed by atoms with van der Waals surface area (Å²) in [6.07, 6.45) is 6.86. The summed E-state index contributed by atoms with van der Waals surface area (Å²) >= 11 is 0. The van der Waals surface area contributed by atoms with Gasteiger partial charge in [-0.3, -0.25) is 0 Å². The van der Waals surface area contributed by atoms with E-state index in [1.165, 1.54) is 38.2 Å². The molecule has 2 atom stereocenters. The highest BCUT2D eigenvalue weighted by Crippen LogP contribution is 2.40. The van der Waals surface area contributed by atoms with Crippen LogP contribution in [0.25, 0.3) is 94.1 Å². The lowest BCUT2D eigenvalue weighted by Crippen LogP contribution is -2.14. The number of allylic oxidation sites excluding steroid dienone is 4. The smallest absolute Gasteiger partial charge is 0.163 e. The molecule has 0 fully saturated rings. The van der Waals surface area contributed by atoms with Gasteiger partial charge in [-0.2, -0.15) is 0 Å². The number of aromatic nitrogens is 3. The Morgan fingerprint density at radius 1 is 0.448 bits per heavy atom. The first-order chi connectivity index (χ1) is 28.6. The van der Waals surface area contributed by atoms with Gasteiger partial charge in [0.25, 0.3) is 0 Å². The molecule has 0 radical (unpaired) electrons. The number of benzene rings is 8. The third kappa shape index (κ3) is 5.98. The minimum absolute atomic E-state index is 0.0170. The minimum Gasteiger partial charge on any atom is -0.456 e. The normalized spacial score (nSPS) is 15.4. The average Bonchev–Trinajstić information content (AvgIpc) is 3.67. The number of hydrogen-bond donors (Lipinski definition) is 0. The van der Waals surface area contributed by atoms with Crippen LogP contribution in [0.1, 0.15) is 24.2 Å². The zero-order valence-electron chi connectivity index (χ0n) is 31.9. The van der Waals surface area contributed by atoms with Crippen molar-refractivity contribution < 1.29 is 4.42 Å². The molecular weight excluding hydrogens is 707 g/mol. The fourth-order valence-electron chi connectivity index (χ4n) is 8.63. The molecule has 0 N–H and O–H groups in total. The summed E-state index contributed by atoms with van der Waals surface area (Å²) in [7, 11) is 0. The molecule has 0 saturated heterocycles. The van der Waals surface area contributed by atoms with Gasteiger partial charge in [0.1, 0.15) is 17.0 Å². The van der Waals surface area contributed by atoms with Crippen LogP contribution in [-0.2, 0) is 0 Å². The van der Waals surface area contributed by atoms with Crippen LogP contribution in [-0.4, -0.2) is 15.0 Å². The second-order valence-electron chi connectivity index (χ2n) is 15.2. The molecule has 0 aliphatic heterocycles. The predicted molar refractivity (Wildman–Crippen MR) is 239 cm³/mol. The summed E-state index contributed by atoms with van der Waals surface area (Å²) in [5, 5.41) is 7.13. The van der Waals surface area contributed by atoms with Crippen molar-refractivity contribution in [2.45, 2.75) is 12.8 Å². The molecule has 11 rings (SSSR count). The van der Waals surface area contributed by atoms with Crippen molar-refractivity contribution in [2.24, 2.45) is 5.92 Å². The van der Waals surface area contributed by atoms with E-state index in [4.69, 9.17) is 19.4 Å². The summed E-state index contributed by atoms with van der Waals surface area (Å²) in [5.41, 5.74) is 10.5. The van der Waals surface area contributed by atoms with Gasteiger partial charge in [0.2, 0.25) is 0 Å². The molecule has 2 aromatic heterocycles.